The molecule has 126 valence electrons. The topological polar surface area (TPSA) is 41.6 Å². The predicted molar refractivity (Wildman–Crippen MR) is 80.4 cm³/mol. The lowest BCUT2D eigenvalue weighted by atomic mass is 9.85. The molecule has 0 radical (unpaired) electrons. The number of ether oxygens (including phenoxy) is 1. The molecule has 7 heteroatoms. The Hall–Kier alpha value is -1.76. The van der Waals surface area contributed by atoms with Crippen LogP contribution >= 0.6 is 0 Å². The van der Waals surface area contributed by atoms with Crippen molar-refractivity contribution in [3.8, 4) is 0 Å². The molecule has 0 bridgehead atoms. The van der Waals surface area contributed by atoms with Crippen LogP contribution in [0.3, 0.4) is 0 Å². The average Bonchev–Trinajstić information content (AvgIpc) is 2.45. The quantitative estimate of drug-likeness (QED) is 0.926. The molecule has 1 aromatic carbocycles. The van der Waals surface area contributed by atoms with Crippen molar-refractivity contribution in [1.29, 1.82) is 0 Å². The molecule has 0 atom stereocenters. The minimum Gasteiger partial charge on any atom is -0.378 e. The number of hydrogen-bond acceptors (Lipinski definition) is 3. The van der Waals surface area contributed by atoms with E-state index in [9.17, 15) is 18.0 Å². The Morgan fingerprint density at radius 2 is 1.91 bits per heavy atom. The molecule has 1 saturated heterocycles. The van der Waals surface area contributed by atoms with Crippen LogP contribution in [0, 0.1) is 5.92 Å². The van der Waals surface area contributed by atoms with Gasteiger partial charge in [-0.3, -0.25) is 4.79 Å². The van der Waals surface area contributed by atoms with Crippen LogP contribution in [0.1, 0.15) is 24.8 Å². The van der Waals surface area contributed by atoms with Crippen LogP contribution in [-0.4, -0.2) is 32.2 Å². The fourth-order valence-corrected chi connectivity index (χ4v) is 2.80. The van der Waals surface area contributed by atoms with Gasteiger partial charge in [-0.25, -0.2) is 0 Å². The van der Waals surface area contributed by atoms with Crippen molar-refractivity contribution in [1.82, 2.24) is 0 Å². The van der Waals surface area contributed by atoms with E-state index in [1.807, 2.05) is 4.90 Å². The van der Waals surface area contributed by atoms with Crippen LogP contribution < -0.4 is 10.2 Å². The number of amides is 1. The molecule has 1 saturated carbocycles. The number of nitrogens with zero attached hydrogens (tertiary/aromatic N) is 1. The first kappa shape index (κ1) is 16.1. The third kappa shape index (κ3) is 3.60. The molecule has 1 aromatic rings. The zero-order valence-corrected chi connectivity index (χ0v) is 12.7. The van der Waals surface area contributed by atoms with Crippen LogP contribution in [0.25, 0.3) is 0 Å². The van der Waals surface area contributed by atoms with Gasteiger partial charge in [0.05, 0.1) is 30.2 Å². The summed E-state index contributed by atoms with van der Waals surface area (Å²) in [6.45, 7) is 2.24. The Balaban J connectivity index is 1.88. The largest absolute Gasteiger partial charge is 0.416 e. The number of benzene rings is 1. The Morgan fingerprint density at radius 1 is 1.22 bits per heavy atom. The first-order valence-electron chi connectivity index (χ1n) is 7.80. The maximum absolute atomic E-state index is 13.0. The lowest BCUT2D eigenvalue weighted by molar-refractivity contribution is -0.137. The molecule has 1 aliphatic heterocycles. The third-order valence-corrected chi connectivity index (χ3v) is 4.41. The normalized spacial score (nSPS) is 19.3. The first-order valence-corrected chi connectivity index (χ1v) is 7.80. The summed E-state index contributed by atoms with van der Waals surface area (Å²) in [6, 6.07) is 3.52. The number of carbonyl (C=O) groups excluding carboxylic acids is 1. The van der Waals surface area contributed by atoms with Gasteiger partial charge >= 0.3 is 6.18 Å². The number of anilines is 2. The molecule has 1 aliphatic carbocycles. The maximum atomic E-state index is 13.0. The average molecular weight is 328 g/mol. The highest BCUT2D eigenvalue weighted by Gasteiger charge is 2.32. The van der Waals surface area contributed by atoms with Crippen molar-refractivity contribution in [2.75, 3.05) is 36.5 Å². The van der Waals surface area contributed by atoms with E-state index in [0.29, 0.717) is 32.0 Å². The minimum absolute atomic E-state index is 0.0814. The summed E-state index contributed by atoms with van der Waals surface area (Å²) in [5.74, 6) is -0.271. The molecule has 4 nitrogen and oxygen atoms in total. The highest BCUT2D eigenvalue weighted by molar-refractivity contribution is 5.96. The van der Waals surface area contributed by atoms with Crippen molar-refractivity contribution < 1.29 is 22.7 Å². The Labute approximate surface area is 132 Å². The standard InChI is InChI=1S/C16H19F3N2O2/c17-16(18,19)12-4-5-14(21-6-8-23-9-7-21)13(10-12)20-15(22)11-2-1-3-11/h4-5,10-11H,1-3,6-9H2,(H,20,22). The van der Waals surface area contributed by atoms with Crippen molar-refractivity contribution in [2.45, 2.75) is 25.4 Å². The first-order chi connectivity index (χ1) is 10.9. The SMILES string of the molecule is O=C(Nc1cc(C(F)(F)F)ccc1N1CCOCC1)C1CCC1. The van der Waals surface area contributed by atoms with Crippen molar-refractivity contribution in [3.05, 3.63) is 23.8 Å². The van der Waals surface area contributed by atoms with Gasteiger partial charge in [-0.15, -0.1) is 0 Å². The van der Waals surface area contributed by atoms with Gasteiger partial charge in [0.2, 0.25) is 5.91 Å². The summed E-state index contributed by atoms with van der Waals surface area (Å²) in [5.41, 5.74) is 0.103. The molecule has 0 spiro atoms. The molecule has 0 aromatic heterocycles. The van der Waals surface area contributed by atoms with Crippen LogP contribution in [0.15, 0.2) is 18.2 Å². The van der Waals surface area contributed by atoms with Gasteiger partial charge < -0.3 is 15.0 Å². The Bertz CT molecular complexity index is 579. The third-order valence-electron chi connectivity index (χ3n) is 4.41. The van der Waals surface area contributed by atoms with Gasteiger partial charge in [-0.05, 0) is 31.0 Å². The summed E-state index contributed by atoms with van der Waals surface area (Å²) in [4.78, 5) is 14.1. The number of hydrogen-bond donors (Lipinski definition) is 1. The van der Waals surface area contributed by atoms with Crippen LogP contribution in [-0.2, 0) is 15.7 Å². The molecule has 3 rings (SSSR count). The number of rotatable bonds is 3. The van der Waals surface area contributed by atoms with E-state index < -0.39 is 11.7 Å². The van der Waals surface area contributed by atoms with E-state index >= 15 is 0 Å². The van der Waals surface area contributed by atoms with E-state index in [1.54, 1.807) is 0 Å². The fraction of sp³-hybridized carbons (Fsp3) is 0.562. The molecule has 2 aliphatic rings. The van der Waals surface area contributed by atoms with E-state index in [0.717, 1.165) is 31.4 Å². The zero-order valence-electron chi connectivity index (χ0n) is 12.7. The molecule has 1 amide bonds. The lowest BCUT2D eigenvalue weighted by Crippen LogP contribution is -2.37. The van der Waals surface area contributed by atoms with Crippen LogP contribution in [0.2, 0.25) is 0 Å². The van der Waals surface area contributed by atoms with Gasteiger partial charge in [-0.1, -0.05) is 6.42 Å². The minimum atomic E-state index is -4.43. The van der Waals surface area contributed by atoms with Gasteiger partial charge in [0.1, 0.15) is 0 Å². The summed E-state index contributed by atoms with van der Waals surface area (Å²) < 4.78 is 44.2. The Morgan fingerprint density at radius 3 is 2.48 bits per heavy atom. The van der Waals surface area contributed by atoms with E-state index in [2.05, 4.69) is 5.32 Å². The van der Waals surface area contributed by atoms with Gasteiger partial charge in [0, 0.05) is 19.0 Å². The highest BCUT2D eigenvalue weighted by Crippen LogP contribution is 2.37. The van der Waals surface area contributed by atoms with Crippen LogP contribution in [0.5, 0.6) is 0 Å². The van der Waals surface area contributed by atoms with Gasteiger partial charge in [-0.2, -0.15) is 13.2 Å². The molecular weight excluding hydrogens is 309 g/mol. The van der Waals surface area contributed by atoms with Crippen molar-refractivity contribution >= 4 is 17.3 Å². The molecule has 23 heavy (non-hydrogen) atoms. The van der Waals surface area contributed by atoms with Crippen molar-refractivity contribution in [3.63, 3.8) is 0 Å². The molecule has 1 N–H and O–H groups in total. The lowest BCUT2D eigenvalue weighted by Gasteiger charge is -2.32. The monoisotopic (exact) mass is 328 g/mol. The summed E-state index contributed by atoms with van der Waals surface area (Å²) >= 11 is 0. The summed E-state index contributed by atoms with van der Waals surface area (Å²) in [7, 11) is 0. The fourth-order valence-electron chi connectivity index (χ4n) is 2.80. The molecule has 2 fully saturated rings. The summed E-state index contributed by atoms with van der Waals surface area (Å²) in [6.07, 6.45) is -1.83. The second kappa shape index (κ2) is 6.39. The smallest absolute Gasteiger partial charge is 0.378 e. The number of halogens is 3. The van der Waals surface area contributed by atoms with Crippen molar-refractivity contribution in [2.24, 2.45) is 5.92 Å². The van der Waals surface area contributed by atoms with Crippen LogP contribution in [0.4, 0.5) is 24.5 Å². The zero-order chi connectivity index (χ0) is 16.4. The number of nitrogens with one attached hydrogen (secondary N) is 1. The maximum Gasteiger partial charge on any atom is 0.416 e. The number of alkyl halides is 3. The van der Waals surface area contributed by atoms with Gasteiger partial charge in [0.15, 0.2) is 0 Å². The second-order valence-corrected chi connectivity index (χ2v) is 5.95. The Kier molecular flexibility index (Phi) is 4.48. The molecular formula is C16H19F3N2O2. The number of carbonyl (C=O) groups is 1. The number of morpholine rings is 1. The molecule has 1 heterocycles. The summed E-state index contributed by atoms with van der Waals surface area (Å²) in [5, 5.41) is 2.70. The van der Waals surface area contributed by atoms with Gasteiger partial charge in [0.25, 0.3) is 0 Å². The predicted octanol–water partition coefficient (Wildman–Crippen LogP) is 3.28. The van der Waals surface area contributed by atoms with E-state index in [-0.39, 0.29) is 17.5 Å². The van der Waals surface area contributed by atoms with E-state index in [1.165, 1.54) is 6.07 Å². The van der Waals surface area contributed by atoms with E-state index in [4.69, 9.17) is 4.74 Å². The second-order valence-electron chi connectivity index (χ2n) is 5.95. The highest BCUT2D eigenvalue weighted by atomic mass is 19.4. The molecule has 0 unspecified atom stereocenters.